The third-order valence-corrected chi connectivity index (χ3v) is 4.67. The minimum Gasteiger partial charge on any atom is -0.457 e. The molecular formula is C20H11BrClNO3. The van der Waals surface area contributed by atoms with Crippen LogP contribution >= 0.6 is 27.5 Å². The molecule has 0 radical (unpaired) electrons. The van der Waals surface area contributed by atoms with Crippen LogP contribution in [0.25, 0.3) is 17.4 Å². The van der Waals surface area contributed by atoms with Crippen LogP contribution in [0.4, 0.5) is 0 Å². The molecule has 1 aliphatic heterocycles. The van der Waals surface area contributed by atoms with Gasteiger partial charge in [-0.05, 0) is 52.3 Å². The van der Waals surface area contributed by atoms with E-state index in [4.69, 9.17) is 20.8 Å². The average molecular weight is 429 g/mol. The van der Waals surface area contributed by atoms with Crippen molar-refractivity contribution in [2.45, 2.75) is 0 Å². The van der Waals surface area contributed by atoms with Crippen molar-refractivity contribution in [1.82, 2.24) is 0 Å². The lowest BCUT2D eigenvalue weighted by Crippen LogP contribution is -2.05. The summed E-state index contributed by atoms with van der Waals surface area (Å²) in [5.74, 6) is 0.900. The van der Waals surface area contributed by atoms with E-state index in [9.17, 15) is 4.79 Å². The van der Waals surface area contributed by atoms with E-state index in [0.29, 0.717) is 22.1 Å². The van der Waals surface area contributed by atoms with Gasteiger partial charge in [-0.1, -0.05) is 35.9 Å². The van der Waals surface area contributed by atoms with Crippen LogP contribution in [0.15, 0.2) is 80.2 Å². The van der Waals surface area contributed by atoms with Gasteiger partial charge in [-0.15, -0.1) is 0 Å². The third-order valence-electron chi connectivity index (χ3n) is 3.74. The summed E-state index contributed by atoms with van der Waals surface area (Å²) in [4.78, 5) is 16.4. The predicted molar refractivity (Wildman–Crippen MR) is 104 cm³/mol. The van der Waals surface area contributed by atoms with Gasteiger partial charge in [-0.2, -0.15) is 0 Å². The smallest absolute Gasteiger partial charge is 0.363 e. The maximum atomic E-state index is 12.1. The largest absolute Gasteiger partial charge is 0.457 e. The molecule has 0 bridgehead atoms. The Bertz CT molecular complexity index is 1070. The summed E-state index contributed by atoms with van der Waals surface area (Å²) >= 11 is 9.44. The molecule has 4 rings (SSSR count). The molecule has 1 aliphatic rings. The Morgan fingerprint density at radius 1 is 1.04 bits per heavy atom. The highest BCUT2D eigenvalue weighted by Crippen LogP contribution is 2.27. The minimum atomic E-state index is -0.517. The van der Waals surface area contributed by atoms with Crippen LogP contribution in [0.1, 0.15) is 11.3 Å². The molecule has 0 amide bonds. The van der Waals surface area contributed by atoms with Gasteiger partial charge >= 0.3 is 5.97 Å². The third kappa shape index (κ3) is 3.36. The molecule has 0 N–H and O–H groups in total. The Labute approximate surface area is 162 Å². The first kappa shape index (κ1) is 16.8. The lowest BCUT2D eigenvalue weighted by Gasteiger charge is -2.01. The monoisotopic (exact) mass is 427 g/mol. The van der Waals surface area contributed by atoms with Crippen molar-refractivity contribution in [3.8, 4) is 11.3 Å². The van der Waals surface area contributed by atoms with Gasteiger partial charge < -0.3 is 9.15 Å². The number of ether oxygens (including phenoxy) is 1. The Kier molecular flexibility index (Phi) is 4.49. The highest BCUT2D eigenvalue weighted by molar-refractivity contribution is 9.10. The van der Waals surface area contributed by atoms with E-state index in [1.807, 2.05) is 48.5 Å². The first-order valence-corrected chi connectivity index (χ1v) is 8.90. The summed E-state index contributed by atoms with van der Waals surface area (Å²) in [5, 5.41) is 0.626. The number of halogens is 2. The fraction of sp³-hybridized carbons (Fsp3) is 0. The summed E-state index contributed by atoms with van der Waals surface area (Å²) in [5.41, 5.74) is 1.75. The topological polar surface area (TPSA) is 51.8 Å². The molecule has 2 heterocycles. The summed E-state index contributed by atoms with van der Waals surface area (Å²) in [6.07, 6.45) is 1.56. The predicted octanol–water partition coefficient (Wildman–Crippen LogP) is 5.71. The number of carbonyl (C=O) groups excluding carboxylic acids is 1. The summed E-state index contributed by atoms with van der Waals surface area (Å²) in [6.45, 7) is 0. The molecule has 0 aliphatic carbocycles. The van der Waals surface area contributed by atoms with E-state index in [2.05, 4.69) is 20.9 Å². The minimum absolute atomic E-state index is 0.183. The zero-order valence-corrected chi connectivity index (χ0v) is 15.6. The molecule has 0 atom stereocenters. The number of aliphatic imine (C=N–C) groups is 1. The summed E-state index contributed by atoms with van der Waals surface area (Å²) in [7, 11) is 0. The fourth-order valence-electron chi connectivity index (χ4n) is 2.52. The molecule has 6 heteroatoms. The van der Waals surface area contributed by atoms with Crippen molar-refractivity contribution < 1.29 is 13.9 Å². The molecule has 3 aromatic rings. The number of hydrogen-bond donors (Lipinski definition) is 0. The van der Waals surface area contributed by atoms with Gasteiger partial charge in [0.05, 0.1) is 5.56 Å². The van der Waals surface area contributed by atoms with Crippen LogP contribution in [0.2, 0.25) is 5.02 Å². The number of cyclic esters (lactones) is 1. The lowest BCUT2D eigenvalue weighted by atomic mass is 10.2. The van der Waals surface area contributed by atoms with E-state index in [0.717, 1.165) is 10.0 Å². The number of rotatable bonds is 3. The molecule has 0 fully saturated rings. The molecule has 0 saturated carbocycles. The average Bonchev–Trinajstić information content (AvgIpc) is 3.23. The summed E-state index contributed by atoms with van der Waals surface area (Å²) < 4.78 is 11.9. The van der Waals surface area contributed by atoms with Gasteiger partial charge in [-0.3, -0.25) is 0 Å². The zero-order chi connectivity index (χ0) is 18.1. The van der Waals surface area contributed by atoms with Gasteiger partial charge in [0.25, 0.3) is 0 Å². The Morgan fingerprint density at radius 2 is 1.88 bits per heavy atom. The van der Waals surface area contributed by atoms with Crippen molar-refractivity contribution >= 4 is 45.5 Å². The zero-order valence-electron chi connectivity index (χ0n) is 13.3. The first-order chi connectivity index (χ1) is 12.6. The van der Waals surface area contributed by atoms with Crippen molar-refractivity contribution in [3.63, 3.8) is 0 Å². The SMILES string of the molecule is O=C1OC(c2ccccc2Br)=N/C1=C\c1ccc(-c2cccc(Cl)c2)o1. The molecular weight excluding hydrogens is 418 g/mol. The van der Waals surface area contributed by atoms with Gasteiger partial charge in [0.1, 0.15) is 11.5 Å². The van der Waals surface area contributed by atoms with Gasteiger partial charge in [0.15, 0.2) is 5.70 Å². The summed E-state index contributed by atoms with van der Waals surface area (Å²) in [6, 6.07) is 18.3. The van der Waals surface area contributed by atoms with Crippen LogP contribution in [0, 0.1) is 0 Å². The number of nitrogens with zero attached hydrogens (tertiary/aromatic N) is 1. The molecule has 26 heavy (non-hydrogen) atoms. The number of furan rings is 1. The number of hydrogen-bond acceptors (Lipinski definition) is 4. The fourth-order valence-corrected chi connectivity index (χ4v) is 3.17. The van der Waals surface area contributed by atoms with Crippen LogP contribution in [0.3, 0.4) is 0 Å². The highest BCUT2D eigenvalue weighted by atomic mass is 79.9. The maximum Gasteiger partial charge on any atom is 0.363 e. The van der Waals surface area contributed by atoms with Gasteiger partial charge in [0, 0.05) is 21.1 Å². The van der Waals surface area contributed by atoms with Gasteiger partial charge in [-0.25, -0.2) is 9.79 Å². The number of carbonyl (C=O) groups is 1. The number of esters is 1. The van der Waals surface area contributed by atoms with Crippen molar-refractivity contribution in [1.29, 1.82) is 0 Å². The second kappa shape index (κ2) is 6.94. The Morgan fingerprint density at radius 3 is 2.69 bits per heavy atom. The normalized spacial score (nSPS) is 15.2. The Hall–Kier alpha value is -2.63. The van der Waals surface area contributed by atoms with Crippen LogP contribution in [-0.2, 0) is 9.53 Å². The molecule has 0 saturated heterocycles. The quantitative estimate of drug-likeness (QED) is 0.397. The van der Waals surface area contributed by atoms with Crippen molar-refractivity contribution in [2.24, 2.45) is 4.99 Å². The van der Waals surface area contributed by atoms with Crippen molar-refractivity contribution in [2.75, 3.05) is 0 Å². The Balaban J connectivity index is 1.64. The second-order valence-electron chi connectivity index (χ2n) is 5.53. The molecule has 1 aromatic heterocycles. The van der Waals surface area contributed by atoms with Crippen LogP contribution in [-0.4, -0.2) is 11.9 Å². The molecule has 2 aromatic carbocycles. The molecule has 0 unspecified atom stereocenters. The highest BCUT2D eigenvalue weighted by Gasteiger charge is 2.25. The van der Waals surface area contributed by atoms with E-state index >= 15 is 0 Å². The van der Waals surface area contributed by atoms with E-state index < -0.39 is 5.97 Å². The van der Waals surface area contributed by atoms with E-state index in [1.54, 1.807) is 18.2 Å². The van der Waals surface area contributed by atoms with Crippen LogP contribution in [0.5, 0.6) is 0 Å². The van der Waals surface area contributed by atoms with Gasteiger partial charge in [0.2, 0.25) is 5.90 Å². The lowest BCUT2D eigenvalue weighted by molar-refractivity contribution is -0.129. The second-order valence-corrected chi connectivity index (χ2v) is 6.82. The first-order valence-electron chi connectivity index (χ1n) is 7.73. The van der Waals surface area contributed by atoms with Crippen LogP contribution < -0.4 is 0 Å². The standard InChI is InChI=1S/C20H11BrClNO3/c21-16-7-2-1-6-15(16)19-23-17(20(24)26-19)11-14-8-9-18(25-14)12-4-3-5-13(22)10-12/h1-11H/b17-11-. The molecule has 0 spiro atoms. The van der Waals surface area contributed by atoms with E-state index in [-0.39, 0.29) is 11.6 Å². The molecule has 128 valence electrons. The maximum absolute atomic E-state index is 12.1. The van der Waals surface area contributed by atoms with E-state index in [1.165, 1.54) is 0 Å². The molecule has 4 nitrogen and oxygen atoms in total. The van der Waals surface area contributed by atoms with Crippen molar-refractivity contribution in [3.05, 3.63) is 87.2 Å². The number of benzene rings is 2.